The molecule has 7 heteroatoms. The van der Waals surface area contributed by atoms with E-state index in [0.717, 1.165) is 4.47 Å². The third-order valence-corrected chi connectivity index (χ3v) is 6.14. The summed E-state index contributed by atoms with van der Waals surface area (Å²) in [7, 11) is -3.51. The molecule has 0 radical (unpaired) electrons. The van der Waals surface area contributed by atoms with Crippen LogP contribution in [0.3, 0.4) is 0 Å². The van der Waals surface area contributed by atoms with Crippen molar-refractivity contribution in [3.63, 3.8) is 0 Å². The summed E-state index contributed by atoms with van der Waals surface area (Å²) >= 11 is 3.41. The minimum absolute atomic E-state index is 0.125. The summed E-state index contributed by atoms with van der Waals surface area (Å²) < 4.78 is 32.1. The number of carboxylic acids is 1. The fourth-order valence-corrected chi connectivity index (χ4v) is 4.80. The molecule has 0 aliphatic heterocycles. The van der Waals surface area contributed by atoms with Crippen molar-refractivity contribution < 1.29 is 23.1 Å². The smallest absolute Gasteiger partial charge is 0.307 e. The van der Waals surface area contributed by atoms with Gasteiger partial charge in [0.25, 0.3) is 0 Å². The van der Waals surface area contributed by atoms with Crippen LogP contribution in [0.5, 0.6) is 11.5 Å². The predicted molar refractivity (Wildman–Crippen MR) is 115 cm³/mol. The first kappa shape index (κ1) is 21.1. The number of carboxylic acid groups (broad SMARTS) is 1. The van der Waals surface area contributed by atoms with E-state index in [9.17, 15) is 13.2 Å². The standard InChI is InChI=1S/C22H19BrO5S/c1-29(26,27)22(16-7-3-2-4-8-16)19-14-17(23)10-11-20(19)28-18-9-5-6-15(12-18)13-21(24)25/h2-12,14,22H,13H2,1H3,(H,24,25). The average molecular weight is 475 g/mol. The van der Waals surface area contributed by atoms with E-state index in [1.807, 2.05) is 6.07 Å². The molecule has 0 saturated heterocycles. The predicted octanol–water partition coefficient (Wildman–Crippen LogP) is 5.00. The van der Waals surface area contributed by atoms with Crippen LogP contribution in [-0.4, -0.2) is 25.7 Å². The van der Waals surface area contributed by atoms with Gasteiger partial charge in [0.05, 0.1) is 6.42 Å². The van der Waals surface area contributed by atoms with Gasteiger partial charge in [-0.3, -0.25) is 4.79 Å². The molecule has 1 N–H and O–H groups in total. The van der Waals surface area contributed by atoms with Crippen LogP contribution in [0.4, 0.5) is 0 Å². The first-order valence-electron chi connectivity index (χ1n) is 8.76. The van der Waals surface area contributed by atoms with E-state index < -0.39 is 21.1 Å². The summed E-state index contributed by atoms with van der Waals surface area (Å²) in [5, 5.41) is 8.09. The Bertz CT molecular complexity index is 1130. The summed E-state index contributed by atoms with van der Waals surface area (Å²) in [6.45, 7) is 0. The third-order valence-electron chi connectivity index (χ3n) is 4.27. The molecule has 0 fully saturated rings. The van der Waals surface area contributed by atoms with E-state index in [0.29, 0.717) is 28.2 Å². The Kier molecular flexibility index (Phi) is 6.39. The second-order valence-electron chi connectivity index (χ2n) is 6.62. The molecule has 0 bridgehead atoms. The molecule has 0 aliphatic carbocycles. The Labute approximate surface area is 178 Å². The summed E-state index contributed by atoms with van der Waals surface area (Å²) in [4.78, 5) is 11.0. The molecule has 3 aromatic carbocycles. The van der Waals surface area contributed by atoms with E-state index in [4.69, 9.17) is 9.84 Å². The van der Waals surface area contributed by atoms with Gasteiger partial charge >= 0.3 is 5.97 Å². The second kappa shape index (κ2) is 8.80. The lowest BCUT2D eigenvalue weighted by Gasteiger charge is -2.20. The Hall–Kier alpha value is -2.64. The van der Waals surface area contributed by atoms with Gasteiger partial charge in [0.1, 0.15) is 16.7 Å². The lowest BCUT2D eigenvalue weighted by molar-refractivity contribution is -0.136. The number of halogens is 1. The zero-order valence-corrected chi connectivity index (χ0v) is 18.0. The first-order valence-corrected chi connectivity index (χ1v) is 11.5. The molecule has 150 valence electrons. The van der Waals surface area contributed by atoms with Crippen LogP contribution in [0.25, 0.3) is 0 Å². The largest absolute Gasteiger partial charge is 0.481 e. The minimum Gasteiger partial charge on any atom is -0.481 e. The Balaban J connectivity index is 2.07. The lowest BCUT2D eigenvalue weighted by atomic mass is 10.0. The quantitative estimate of drug-likeness (QED) is 0.520. The van der Waals surface area contributed by atoms with E-state index in [1.54, 1.807) is 66.7 Å². The maximum Gasteiger partial charge on any atom is 0.307 e. The van der Waals surface area contributed by atoms with Crippen molar-refractivity contribution in [2.75, 3.05) is 6.26 Å². The summed E-state index contributed by atoms with van der Waals surface area (Å²) in [5.74, 6) is -0.111. The average Bonchev–Trinajstić information content (AvgIpc) is 2.63. The van der Waals surface area contributed by atoms with Crippen LogP contribution >= 0.6 is 15.9 Å². The van der Waals surface area contributed by atoms with Crippen LogP contribution in [0.1, 0.15) is 21.9 Å². The fraction of sp³-hybridized carbons (Fsp3) is 0.136. The van der Waals surface area contributed by atoms with Crippen molar-refractivity contribution in [2.45, 2.75) is 11.7 Å². The highest BCUT2D eigenvalue weighted by Crippen LogP contribution is 2.39. The van der Waals surface area contributed by atoms with Crippen LogP contribution in [0, 0.1) is 0 Å². The van der Waals surface area contributed by atoms with Crippen molar-refractivity contribution in [1.29, 1.82) is 0 Å². The van der Waals surface area contributed by atoms with Crippen molar-refractivity contribution in [1.82, 2.24) is 0 Å². The molecule has 3 rings (SSSR count). The Morgan fingerprint density at radius 1 is 1.03 bits per heavy atom. The number of benzene rings is 3. The molecular weight excluding hydrogens is 456 g/mol. The lowest BCUT2D eigenvalue weighted by Crippen LogP contribution is -2.14. The highest BCUT2D eigenvalue weighted by atomic mass is 79.9. The second-order valence-corrected chi connectivity index (χ2v) is 9.67. The summed E-state index contributed by atoms with van der Waals surface area (Å²) in [6.07, 6.45) is 1.07. The molecule has 1 unspecified atom stereocenters. The molecular formula is C22H19BrO5S. The molecule has 0 heterocycles. The summed E-state index contributed by atoms with van der Waals surface area (Å²) in [6, 6.07) is 20.9. The maximum absolute atomic E-state index is 12.7. The first-order chi connectivity index (χ1) is 13.7. The van der Waals surface area contributed by atoms with Gasteiger partial charge < -0.3 is 9.84 Å². The van der Waals surface area contributed by atoms with Crippen LogP contribution in [0.15, 0.2) is 77.3 Å². The van der Waals surface area contributed by atoms with Crippen molar-refractivity contribution >= 4 is 31.7 Å². The van der Waals surface area contributed by atoms with Crippen molar-refractivity contribution in [3.8, 4) is 11.5 Å². The van der Waals surface area contributed by atoms with Gasteiger partial charge in [-0.05, 0) is 41.5 Å². The number of rotatable bonds is 7. The molecule has 29 heavy (non-hydrogen) atoms. The van der Waals surface area contributed by atoms with Gasteiger partial charge in [-0.15, -0.1) is 0 Å². The van der Waals surface area contributed by atoms with Gasteiger partial charge in [-0.2, -0.15) is 0 Å². The highest BCUT2D eigenvalue weighted by Gasteiger charge is 2.28. The van der Waals surface area contributed by atoms with Crippen LogP contribution in [-0.2, 0) is 21.1 Å². The zero-order chi connectivity index (χ0) is 21.0. The van der Waals surface area contributed by atoms with Crippen LogP contribution in [0.2, 0.25) is 0 Å². The highest BCUT2D eigenvalue weighted by molar-refractivity contribution is 9.10. The van der Waals surface area contributed by atoms with Crippen molar-refractivity contribution in [2.24, 2.45) is 0 Å². The molecule has 0 aliphatic rings. The Morgan fingerprint density at radius 3 is 2.41 bits per heavy atom. The molecule has 0 saturated carbocycles. The van der Waals surface area contributed by atoms with Gasteiger partial charge in [0.2, 0.25) is 0 Å². The number of sulfone groups is 1. The molecule has 5 nitrogen and oxygen atoms in total. The van der Waals surface area contributed by atoms with Crippen LogP contribution < -0.4 is 4.74 Å². The summed E-state index contributed by atoms with van der Waals surface area (Å²) in [5.41, 5.74) is 1.73. The van der Waals surface area contributed by atoms with Gasteiger partial charge in [-0.25, -0.2) is 8.42 Å². The van der Waals surface area contributed by atoms with E-state index in [1.165, 1.54) is 6.26 Å². The molecule has 0 spiro atoms. The number of ether oxygens (including phenoxy) is 1. The number of aliphatic carboxylic acids is 1. The monoisotopic (exact) mass is 474 g/mol. The SMILES string of the molecule is CS(=O)(=O)C(c1ccccc1)c1cc(Br)ccc1Oc1cccc(CC(=O)O)c1. The number of carbonyl (C=O) groups is 1. The Morgan fingerprint density at radius 2 is 1.76 bits per heavy atom. The fourth-order valence-electron chi connectivity index (χ4n) is 3.12. The number of hydrogen-bond acceptors (Lipinski definition) is 4. The van der Waals surface area contributed by atoms with Gasteiger partial charge in [-0.1, -0.05) is 58.4 Å². The van der Waals surface area contributed by atoms with Crippen molar-refractivity contribution in [3.05, 3.63) is 94.0 Å². The topological polar surface area (TPSA) is 80.7 Å². The third kappa shape index (κ3) is 5.46. The normalized spacial score (nSPS) is 12.3. The number of hydrogen-bond donors (Lipinski definition) is 1. The minimum atomic E-state index is -3.51. The van der Waals surface area contributed by atoms with E-state index in [2.05, 4.69) is 15.9 Å². The van der Waals surface area contributed by atoms with E-state index >= 15 is 0 Å². The van der Waals surface area contributed by atoms with Gasteiger partial charge in [0.15, 0.2) is 9.84 Å². The zero-order valence-electron chi connectivity index (χ0n) is 15.6. The van der Waals surface area contributed by atoms with E-state index in [-0.39, 0.29) is 6.42 Å². The molecule has 0 amide bonds. The maximum atomic E-state index is 12.7. The molecule has 0 aromatic heterocycles. The van der Waals surface area contributed by atoms with Gasteiger partial charge in [0, 0.05) is 16.3 Å². The molecule has 1 atom stereocenters. The molecule has 3 aromatic rings.